The molecule has 1 saturated heterocycles. The van der Waals surface area contributed by atoms with Gasteiger partial charge in [-0.3, -0.25) is 19.1 Å². The number of rotatable bonds is 3. The second kappa shape index (κ2) is 7.77. The monoisotopic (exact) mass is 380 g/mol. The molecule has 118 valence electrons. The predicted molar refractivity (Wildman–Crippen MR) is 84.9 cm³/mol. The average Bonchev–Trinajstić information content (AvgIpc) is 2.39. The maximum atomic E-state index is 12.0. The van der Waals surface area contributed by atoms with E-state index in [2.05, 4.69) is 38.5 Å². The lowest BCUT2D eigenvalue weighted by atomic mass is 9.95. The number of nitrogens with zero attached hydrogens (tertiary/aromatic N) is 1. The van der Waals surface area contributed by atoms with Gasteiger partial charge in [-0.15, -0.1) is 12.4 Å². The minimum Gasteiger partial charge on any atom is -0.351 e. The topological polar surface area (TPSA) is 96.0 Å². The molecule has 1 aromatic rings. The van der Waals surface area contributed by atoms with Gasteiger partial charge in [0.05, 0.1) is 4.47 Å². The van der Waals surface area contributed by atoms with Crippen LogP contribution in [-0.4, -0.2) is 34.6 Å². The van der Waals surface area contributed by atoms with E-state index in [1.54, 1.807) is 0 Å². The van der Waals surface area contributed by atoms with Crippen LogP contribution >= 0.6 is 28.3 Å². The third kappa shape index (κ3) is 4.69. The average molecular weight is 382 g/mol. The van der Waals surface area contributed by atoms with Crippen molar-refractivity contribution in [2.45, 2.75) is 25.9 Å². The standard InChI is InChI=1S/C12H17BrN4O3.ClH/c1-7-4-14-3-2-9(7)15-10(18)6-17-5-8(13)11(19)16-12(17)20;/h5,7,9,14H,2-4,6H2,1H3,(H,15,18)(H,16,19,20);1H. The number of aromatic nitrogens is 2. The van der Waals surface area contributed by atoms with Crippen molar-refractivity contribution in [3.05, 3.63) is 31.5 Å². The molecule has 7 nitrogen and oxygen atoms in total. The highest BCUT2D eigenvalue weighted by molar-refractivity contribution is 9.10. The van der Waals surface area contributed by atoms with Crippen molar-refractivity contribution in [1.29, 1.82) is 0 Å². The van der Waals surface area contributed by atoms with Gasteiger partial charge in [-0.25, -0.2) is 4.79 Å². The summed E-state index contributed by atoms with van der Waals surface area (Å²) in [6.45, 7) is 3.71. The molecule has 0 saturated carbocycles. The Balaban J connectivity index is 0.00000220. The molecule has 0 aliphatic carbocycles. The predicted octanol–water partition coefficient (Wildman–Crippen LogP) is -0.165. The van der Waals surface area contributed by atoms with Gasteiger partial charge in [-0.2, -0.15) is 0 Å². The highest BCUT2D eigenvalue weighted by atomic mass is 79.9. The van der Waals surface area contributed by atoms with Crippen LogP contribution < -0.4 is 21.9 Å². The van der Waals surface area contributed by atoms with Crippen molar-refractivity contribution in [3.8, 4) is 0 Å². The molecule has 2 unspecified atom stereocenters. The lowest BCUT2D eigenvalue weighted by molar-refractivity contribution is -0.122. The number of nitrogens with one attached hydrogen (secondary N) is 3. The van der Waals surface area contributed by atoms with Crippen LogP contribution in [0.5, 0.6) is 0 Å². The smallest absolute Gasteiger partial charge is 0.328 e. The van der Waals surface area contributed by atoms with Gasteiger partial charge in [0, 0.05) is 12.2 Å². The van der Waals surface area contributed by atoms with Gasteiger partial charge in [0.15, 0.2) is 0 Å². The number of carbonyl (C=O) groups excluding carboxylic acids is 1. The number of halogens is 2. The second-order valence-electron chi connectivity index (χ2n) is 5.01. The number of amides is 1. The molecule has 0 bridgehead atoms. The van der Waals surface area contributed by atoms with Crippen LogP contribution in [-0.2, 0) is 11.3 Å². The van der Waals surface area contributed by atoms with Gasteiger partial charge in [0.2, 0.25) is 5.91 Å². The van der Waals surface area contributed by atoms with Gasteiger partial charge in [-0.05, 0) is 41.4 Å². The Hall–Kier alpha value is -1.12. The summed E-state index contributed by atoms with van der Waals surface area (Å²) in [4.78, 5) is 36.9. The lowest BCUT2D eigenvalue weighted by Gasteiger charge is -2.30. The largest absolute Gasteiger partial charge is 0.351 e. The van der Waals surface area contributed by atoms with E-state index in [4.69, 9.17) is 0 Å². The number of hydrogen-bond donors (Lipinski definition) is 3. The summed E-state index contributed by atoms with van der Waals surface area (Å²) in [7, 11) is 0. The molecule has 1 aliphatic rings. The SMILES string of the molecule is CC1CNCCC1NC(=O)Cn1cc(Br)c(=O)[nH]c1=O.Cl. The molecule has 0 spiro atoms. The molecule has 2 rings (SSSR count). The highest BCUT2D eigenvalue weighted by Gasteiger charge is 2.22. The fourth-order valence-corrected chi connectivity index (χ4v) is 2.58. The maximum absolute atomic E-state index is 12.0. The zero-order chi connectivity index (χ0) is 14.7. The third-order valence-corrected chi connectivity index (χ3v) is 3.98. The summed E-state index contributed by atoms with van der Waals surface area (Å²) in [5.74, 6) is 0.122. The van der Waals surface area contributed by atoms with Gasteiger partial charge < -0.3 is 10.6 Å². The van der Waals surface area contributed by atoms with E-state index in [0.29, 0.717) is 5.92 Å². The summed E-state index contributed by atoms with van der Waals surface area (Å²) >= 11 is 3.03. The van der Waals surface area contributed by atoms with Crippen LogP contribution in [0.4, 0.5) is 0 Å². The van der Waals surface area contributed by atoms with Crippen molar-refractivity contribution in [2.75, 3.05) is 13.1 Å². The molecule has 0 radical (unpaired) electrons. The van der Waals surface area contributed by atoms with Crippen LogP contribution in [0, 0.1) is 5.92 Å². The fraction of sp³-hybridized carbons (Fsp3) is 0.583. The number of carbonyl (C=O) groups is 1. The lowest BCUT2D eigenvalue weighted by Crippen LogP contribution is -2.49. The molecule has 0 aromatic carbocycles. The first-order valence-corrected chi connectivity index (χ1v) is 7.26. The summed E-state index contributed by atoms with van der Waals surface area (Å²) in [5.41, 5.74) is -1.09. The van der Waals surface area contributed by atoms with Crippen LogP contribution in [0.1, 0.15) is 13.3 Å². The Morgan fingerprint density at radius 1 is 1.52 bits per heavy atom. The van der Waals surface area contributed by atoms with E-state index in [9.17, 15) is 14.4 Å². The number of H-pyrrole nitrogens is 1. The van der Waals surface area contributed by atoms with Crippen molar-refractivity contribution in [1.82, 2.24) is 20.2 Å². The highest BCUT2D eigenvalue weighted by Crippen LogP contribution is 2.10. The van der Waals surface area contributed by atoms with E-state index >= 15 is 0 Å². The second-order valence-corrected chi connectivity index (χ2v) is 5.86. The molecular formula is C12H18BrClN4O3. The van der Waals surface area contributed by atoms with Gasteiger partial charge in [-0.1, -0.05) is 6.92 Å². The molecular weight excluding hydrogens is 364 g/mol. The quantitative estimate of drug-likeness (QED) is 0.678. The molecule has 1 fully saturated rings. The zero-order valence-corrected chi connectivity index (χ0v) is 13.9. The van der Waals surface area contributed by atoms with Crippen LogP contribution in [0.25, 0.3) is 0 Å². The maximum Gasteiger partial charge on any atom is 0.328 e. The Kier molecular flexibility index (Phi) is 6.63. The summed E-state index contributed by atoms with van der Waals surface area (Å²) in [6.07, 6.45) is 2.20. The number of aromatic amines is 1. The van der Waals surface area contributed by atoms with Crippen molar-refractivity contribution in [2.24, 2.45) is 5.92 Å². The summed E-state index contributed by atoms with van der Waals surface area (Å²) in [5, 5.41) is 6.19. The van der Waals surface area contributed by atoms with E-state index in [-0.39, 0.29) is 35.4 Å². The number of hydrogen-bond acceptors (Lipinski definition) is 4. The minimum absolute atomic E-state index is 0. The van der Waals surface area contributed by atoms with Gasteiger partial charge in [0.25, 0.3) is 5.56 Å². The molecule has 1 aromatic heterocycles. The van der Waals surface area contributed by atoms with Crippen LogP contribution in [0.15, 0.2) is 20.3 Å². The van der Waals surface area contributed by atoms with E-state index in [0.717, 1.165) is 19.5 Å². The van der Waals surface area contributed by atoms with Crippen molar-refractivity contribution < 1.29 is 4.79 Å². The number of piperidine rings is 1. The molecule has 3 N–H and O–H groups in total. The van der Waals surface area contributed by atoms with Crippen LogP contribution in [0.2, 0.25) is 0 Å². The fourth-order valence-electron chi connectivity index (χ4n) is 2.24. The minimum atomic E-state index is -0.591. The van der Waals surface area contributed by atoms with E-state index in [1.807, 2.05) is 0 Å². The first-order valence-electron chi connectivity index (χ1n) is 6.46. The Labute approximate surface area is 136 Å². The van der Waals surface area contributed by atoms with Crippen LogP contribution in [0.3, 0.4) is 0 Å². The van der Waals surface area contributed by atoms with Crippen molar-refractivity contribution >= 4 is 34.2 Å². The summed E-state index contributed by atoms with van der Waals surface area (Å²) < 4.78 is 1.40. The zero-order valence-electron chi connectivity index (χ0n) is 11.5. The Bertz CT molecular complexity index is 615. The molecule has 1 aliphatic heterocycles. The molecule has 9 heteroatoms. The first kappa shape index (κ1) is 17.9. The summed E-state index contributed by atoms with van der Waals surface area (Å²) in [6, 6.07) is 0.116. The molecule has 2 heterocycles. The van der Waals surface area contributed by atoms with Gasteiger partial charge in [0.1, 0.15) is 6.54 Å². The van der Waals surface area contributed by atoms with Gasteiger partial charge >= 0.3 is 5.69 Å². The molecule has 2 atom stereocenters. The normalized spacial score (nSPS) is 21.4. The Morgan fingerprint density at radius 3 is 2.90 bits per heavy atom. The van der Waals surface area contributed by atoms with Crippen molar-refractivity contribution in [3.63, 3.8) is 0 Å². The third-order valence-electron chi connectivity index (χ3n) is 3.41. The first-order chi connectivity index (χ1) is 9.47. The van der Waals surface area contributed by atoms with E-state index in [1.165, 1.54) is 10.8 Å². The molecule has 1 amide bonds. The Morgan fingerprint density at radius 2 is 2.24 bits per heavy atom. The van der Waals surface area contributed by atoms with E-state index < -0.39 is 11.2 Å². The molecule has 21 heavy (non-hydrogen) atoms.